The van der Waals surface area contributed by atoms with Gasteiger partial charge >= 0.3 is 11.8 Å². The van der Waals surface area contributed by atoms with Crippen LogP contribution in [0.4, 0.5) is 10.2 Å². The van der Waals surface area contributed by atoms with Crippen LogP contribution in [0.15, 0.2) is 12.1 Å². The van der Waals surface area contributed by atoms with Gasteiger partial charge < -0.3 is 10.1 Å². The van der Waals surface area contributed by atoms with Gasteiger partial charge in [0.25, 0.3) is 0 Å². The zero-order valence-corrected chi connectivity index (χ0v) is 5.73. The summed E-state index contributed by atoms with van der Waals surface area (Å²) in [5.41, 5.74) is -0.103. The van der Waals surface area contributed by atoms with Crippen LogP contribution in [-0.4, -0.2) is 16.2 Å². The molecule has 62 valence electrons. The number of hydrogen-bond donors (Lipinski definition) is 0. The maximum Gasteiger partial charge on any atom is 0.367 e. The molecule has 0 amide bonds. The first-order valence-electron chi connectivity index (χ1n) is 2.90. The summed E-state index contributed by atoms with van der Waals surface area (Å²) < 4.78 is 12.4. The number of aromatic nitrogens is 1. The van der Waals surface area contributed by atoms with Crippen molar-refractivity contribution >= 4 is 12.1 Å². The molecule has 1 rings (SSSR count). The van der Waals surface area contributed by atoms with Gasteiger partial charge in [-0.25, -0.2) is 0 Å². The van der Waals surface area contributed by atoms with Gasteiger partial charge in [-0.2, -0.15) is 4.39 Å². The van der Waals surface area contributed by atoms with E-state index in [0.717, 1.165) is 12.1 Å². The van der Waals surface area contributed by atoms with Crippen LogP contribution in [0.1, 0.15) is 10.4 Å². The highest BCUT2D eigenvalue weighted by Gasteiger charge is 2.11. The van der Waals surface area contributed by atoms with Gasteiger partial charge in [-0.15, -0.1) is 0 Å². The second-order valence-electron chi connectivity index (χ2n) is 1.96. The lowest BCUT2D eigenvalue weighted by Crippen LogP contribution is -1.96. The van der Waals surface area contributed by atoms with Crippen molar-refractivity contribution in [1.82, 2.24) is 4.98 Å². The van der Waals surface area contributed by atoms with Gasteiger partial charge in [-0.1, -0.05) is 0 Å². The highest BCUT2D eigenvalue weighted by Crippen LogP contribution is 2.09. The van der Waals surface area contributed by atoms with E-state index in [4.69, 9.17) is 0 Å². The van der Waals surface area contributed by atoms with Crippen LogP contribution < -0.4 is 0 Å². The van der Waals surface area contributed by atoms with Crippen molar-refractivity contribution in [2.45, 2.75) is 0 Å². The molecule has 0 saturated heterocycles. The first-order chi connectivity index (χ1) is 5.63. The van der Waals surface area contributed by atoms with Crippen molar-refractivity contribution in [1.29, 1.82) is 0 Å². The Morgan fingerprint density at radius 2 is 2.25 bits per heavy atom. The highest BCUT2D eigenvalue weighted by molar-refractivity contribution is 5.75. The molecule has 0 saturated carbocycles. The van der Waals surface area contributed by atoms with Crippen molar-refractivity contribution in [3.05, 3.63) is 33.8 Å². The molecule has 1 aromatic heterocycles. The minimum absolute atomic E-state index is 0.103. The molecule has 0 fully saturated rings. The molecule has 0 spiro atoms. The number of aldehydes is 1. The summed E-state index contributed by atoms with van der Waals surface area (Å²) in [6, 6.07) is 1.72. The average molecular weight is 170 g/mol. The zero-order chi connectivity index (χ0) is 9.14. The van der Waals surface area contributed by atoms with E-state index in [1.54, 1.807) is 0 Å². The number of halogens is 1. The van der Waals surface area contributed by atoms with Crippen LogP contribution in [-0.2, 0) is 0 Å². The first-order valence-corrected chi connectivity index (χ1v) is 2.90. The Kier molecular flexibility index (Phi) is 2.09. The lowest BCUT2D eigenvalue weighted by Gasteiger charge is -1.91. The van der Waals surface area contributed by atoms with Crippen LogP contribution in [0.5, 0.6) is 0 Å². The predicted molar refractivity (Wildman–Crippen MR) is 36.2 cm³/mol. The van der Waals surface area contributed by atoms with Crippen molar-refractivity contribution in [3.63, 3.8) is 0 Å². The summed E-state index contributed by atoms with van der Waals surface area (Å²) in [5, 5.41) is 10.1. The molecule has 1 aromatic rings. The maximum atomic E-state index is 12.4. The largest absolute Gasteiger partial charge is 0.367 e. The quantitative estimate of drug-likeness (QED) is 0.286. The molecular formula is C6H3FN2O3. The summed E-state index contributed by atoms with van der Waals surface area (Å²) in [5.74, 6) is -1.71. The Morgan fingerprint density at radius 3 is 2.75 bits per heavy atom. The summed E-state index contributed by atoms with van der Waals surface area (Å²) in [6.45, 7) is 0. The van der Waals surface area contributed by atoms with Gasteiger partial charge in [-0.05, 0) is 9.91 Å². The number of nitro groups is 1. The molecule has 0 atom stereocenters. The van der Waals surface area contributed by atoms with Gasteiger partial charge in [0, 0.05) is 17.7 Å². The molecular weight excluding hydrogens is 167 g/mol. The number of nitrogens with zero attached hydrogens (tertiary/aromatic N) is 2. The third kappa shape index (κ3) is 1.60. The number of hydrogen-bond acceptors (Lipinski definition) is 4. The Balaban J connectivity index is 3.23. The third-order valence-electron chi connectivity index (χ3n) is 1.13. The van der Waals surface area contributed by atoms with Crippen molar-refractivity contribution in [3.8, 4) is 0 Å². The molecule has 0 aliphatic carbocycles. The van der Waals surface area contributed by atoms with Gasteiger partial charge in [0.1, 0.15) is 0 Å². The van der Waals surface area contributed by atoms with Gasteiger partial charge in [-0.3, -0.25) is 4.79 Å². The van der Waals surface area contributed by atoms with Crippen molar-refractivity contribution in [2.24, 2.45) is 0 Å². The number of carbonyl (C=O) groups excluding carboxylic acids is 1. The van der Waals surface area contributed by atoms with E-state index in [9.17, 15) is 19.3 Å². The topological polar surface area (TPSA) is 73.1 Å². The van der Waals surface area contributed by atoms with E-state index < -0.39 is 16.7 Å². The fraction of sp³-hybridized carbons (Fsp3) is 0. The molecule has 0 radical (unpaired) electrons. The zero-order valence-electron chi connectivity index (χ0n) is 5.73. The normalized spacial score (nSPS) is 9.42. The smallest absolute Gasteiger partial charge is 0.358 e. The molecule has 12 heavy (non-hydrogen) atoms. The average Bonchev–Trinajstić information content (AvgIpc) is 2.03. The summed E-state index contributed by atoms with van der Waals surface area (Å²) in [7, 11) is 0. The Bertz CT molecular complexity index is 340. The van der Waals surface area contributed by atoms with E-state index in [0.29, 0.717) is 6.29 Å². The van der Waals surface area contributed by atoms with Crippen LogP contribution >= 0.6 is 0 Å². The van der Waals surface area contributed by atoms with Crippen LogP contribution in [0.3, 0.4) is 0 Å². The molecule has 1 heterocycles. The lowest BCUT2D eigenvalue weighted by atomic mass is 10.3. The van der Waals surface area contributed by atoms with Crippen molar-refractivity contribution < 1.29 is 14.1 Å². The van der Waals surface area contributed by atoms with E-state index in [-0.39, 0.29) is 5.56 Å². The minimum Gasteiger partial charge on any atom is -0.358 e. The second-order valence-corrected chi connectivity index (χ2v) is 1.96. The monoisotopic (exact) mass is 170 g/mol. The molecule has 0 bridgehead atoms. The first kappa shape index (κ1) is 8.25. The highest BCUT2D eigenvalue weighted by atomic mass is 19.1. The third-order valence-corrected chi connectivity index (χ3v) is 1.13. The standard InChI is InChI=1S/C6H3FN2O3/c7-5-1-4(3-10)2-6(8-5)9(11)12/h1-3H. The SMILES string of the molecule is O=Cc1cc(F)nc([N+](=O)[O-])c1. The fourth-order valence-corrected chi connectivity index (χ4v) is 0.664. The van der Waals surface area contributed by atoms with Gasteiger partial charge in [0.05, 0.1) is 0 Å². The molecule has 0 N–H and O–H groups in total. The van der Waals surface area contributed by atoms with E-state index >= 15 is 0 Å². The molecule has 0 aromatic carbocycles. The Morgan fingerprint density at radius 1 is 1.58 bits per heavy atom. The number of pyridine rings is 1. The van der Waals surface area contributed by atoms with E-state index in [1.807, 2.05) is 0 Å². The van der Waals surface area contributed by atoms with Gasteiger partial charge in [0.15, 0.2) is 6.29 Å². The molecule has 0 unspecified atom stereocenters. The van der Waals surface area contributed by atoms with E-state index in [2.05, 4.69) is 4.98 Å². The van der Waals surface area contributed by atoms with Gasteiger partial charge in [0.2, 0.25) is 0 Å². The minimum atomic E-state index is -1.04. The predicted octanol–water partition coefficient (Wildman–Crippen LogP) is 0.941. The summed E-state index contributed by atoms with van der Waals surface area (Å²) >= 11 is 0. The summed E-state index contributed by atoms with van der Waals surface area (Å²) in [4.78, 5) is 22.3. The molecule has 0 aliphatic rings. The van der Waals surface area contributed by atoms with Crippen molar-refractivity contribution in [2.75, 3.05) is 0 Å². The molecule has 0 aliphatic heterocycles. The second kappa shape index (κ2) is 3.04. The molecule has 6 heteroatoms. The maximum absolute atomic E-state index is 12.4. The molecule has 5 nitrogen and oxygen atoms in total. The number of carbonyl (C=O) groups is 1. The van der Waals surface area contributed by atoms with Crippen LogP contribution in [0.25, 0.3) is 0 Å². The fourth-order valence-electron chi connectivity index (χ4n) is 0.664. The summed E-state index contributed by atoms with van der Waals surface area (Å²) in [6.07, 6.45) is 0.317. The van der Waals surface area contributed by atoms with E-state index in [1.165, 1.54) is 0 Å². The number of rotatable bonds is 2. The Hall–Kier alpha value is -1.85. The lowest BCUT2D eigenvalue weighted by molar-refractivity contribution is -0.389. The Labute approximate surface area is 66.0 Å². The van der Waals surface area contributed by atoms with Crippen LogP contribution in [0, 0.1) is 16.1 Å². The van der Waals surface area contributed by atoms with Crippen LogP contribution in [0.2, 0.25) is 0 Å².